The number of nitrogens with one attached hydrogen (secondary N) is 1. The van der Waals surface area contributed by atoms with Crippen molar-refractivity contribution in [3.05, 3.63) is 94.0 Å². The van der Waals surface area contributed by atoms with Gasteiger partial charge >= 0.3 is 0 Å². The number of fused-ring (bicyclic) bond motifs is 5. The van der Waals surface area contributed by atoms with Crippen LogP contribution in [0.15, 0.2) is 77.9 Å². The van der Waals surface area contributed by atoms with Gasteiger partial charge in [0.15, 0.2) is 0 Å². The van der Waals surface area contributed by atoms with Crippen molar-refractivity contribution in [1.29, 1.82) is 0 Å². The highest BCUT2D eigenvalue weighted by atomic mass is 35.5. The van der Waals surface area contributed by atoms with Crippen molar-refractivity contribution in [3.8, 4) is 0 Å². The van der Waals surface area contributed by atoms with E-state index in [4.69, 9.17) is 23.2 Å². The Morgan fingerprint density at radius 1 is 0.857 bits per heavy atom. The molecular formula is C26H18Cl2N4O3. The molecule has 174 valence electrons. The van der Waals surface area contributed by atoms with Crippen molar-refractivity contribution in [1.82, 2.24) is 5.01 Å². The summed E-state index contributed by atoms with van der Waals surface area (Å²) in [6.07, 6.45) is 1.67. The zero-order valence-electron chi connectivity index (χ0n) is 18.1. The number of hydrogen-bond donors (Lipinski definition) is 1. The summed E-state index contributed by atoms with van der Waals surface area (Å²) in [4.78, 5) is 42.3. The van der Waals surface area contributed by atoms with Gasteiger partial charge in [-0.2, -0.15) is 5.10 Å². The van der Waals surface area contributed by atoms with Crippen LogP contribution in [0.3, 0.4) is 0 Å². The summed E-state index contributed by atoms with van der Waals surface area (Å²) in [6.45, 7) is 0. The summed E-state index contributed by atoms with van der Waals surface area (Å²) in [5.74, 6) is -2.93. The number of carbonyl (C=O) groups excluding carboxylic acids is 3. The molecular weight excluding hydrogens is 487 g/mol. The number of rotatable bonds is 3. The third-order valence-corrected chi connectivity index (χ3v) is 7.23. The number of nitrogens with zero attached hydrogens (tertiary/aromatic N) is 3. The van der Waals surface area contributed by atoms with Gasteiger partial charge in [0.1, 0.15) is 6.04 Å². The van der Waals surface area contributed by atoms with Crippen LogP contribution < -0.4 is 10.2 Å². The molecule has 0 spiro atoms. The summed E-state index contributed by atoms with van der Waals surface area (Å²) in [6, 6.07) is 19.3. The van der Waals surface area contributed by atoms with Crippen molar-refractivity contribution in [2.75, 3.05) is 10.2 Å². The van der Waals surface area contributed by atoms with Crippen LogP contribution >= 0.6 is 23.2 Å². The summed E-state index contributed by atoms with van der Waals surface area (Å²) in [7, 11) is 0. The molecule has 3 amide bonds. The molecule has 3 aromatic carbocycles. The second-order valence-electron chi connectivity index (χ2n) is 8.68. The number of benzene rings is 3. The molecule has 4 atom stereocenters. The molecule has 9 heteroatoms. The molecule has 2 fully saturated rings. The van der Waals surface area contributed by atoms with E-state index in [-0.39, 0.29) is 5.91 Å². The number of halogens is 2. The van der Waals surface area contributed by atoms with E-state index in [0.717, 1.165) is 16.0 Å². The smallest absolute Gasteiger partial charge is 0.249 e. The van der Waals surface area contributed by atoms with Crippen LogP contribution in [0.2, 0.25) is 10.0 Å². The lowest BCUT2D eigenvalue weighted by molar-refractivity contribution is -0.129. The summed E-state index contributed by atoms with van der Waals surface area (Å²) < 4.78 is 0. The van der Waals surface area contributed by atoms with E-state index < -0.39 is 35.7 Å². The maximum atomic E-state index is 13.8. The lowest BCUT2D eigenvalue weighted by atomic mass is 9.85. The molecule has 0 saturated carbocycles. The number of carbonyl (C=O) groups is 3. The standard InChI is InChI=1S/C26H18Cl2N4O3/c27-15-8-10-17(11-9-15)30-24(33)23-21-20(22-19-7-2-1-4-14(19)13-29-32(22)23)25(34)31(26(21)35)18-6-3-5-16(28)12-18/h1-13,20-23H,(H,30,33)/t20-,21+,22?,23-/m1/s1. The minimum Gasteiger partial charge on any atom is -0.324 e. The quantitative estimate of drug-likeness (QED) is 0.532. The first-order chi connectivity index (χ1) is 16.9. The van der Waals surface area contributed by atoms with E-state index in [1.807, 2.05) is 24.3 Å². The zero-order chi connectivity index (χ0) is 24.3. The van der Waals surface area contributed by atoms with Gasteiger partial charge in [0.25, 0.3) is 0 Å². The number of amides is 3. The SMILES string of the molecule is O=C(Nc1ccc(Cl)cc1)[C@H]1[C@H]2C(=O)N(c3cccc(Cl)c3)C(=O)[C@H]2C2c3ccccc3C=NN21. The Labute approximate surface area is 210 Å². The van der Waals surface area contributed by atoms with Crippen molar-refractivity contribution in [2.24, 2.45) is 16.9 Å². The van der Waals surface area contributed by atoms with E-state index in [1.54, 1.807) is 59.8 Å². The Morgan fingerprint density at radius 3 is 2.37 bits per heavy atom. The molecule has 35 heavy (non-hydrogen) atoms. The highest BCUT2D eigenvalue weighted by molar-refractivity contribution is 6.31. The van der Waals surface area contributed by atoms with Crippen LogP contribution in [-0.2, 0) is 14.4 Å². The molecule has 0 aromatic heterocycles. The molecule has 7 nitrogen and oxygen atoms in total. The third-order valence-electron chi connectivity index (χ3n) is 6.74. The minimum atomic E-state index is -0.981. The predicted octanol–water partition coefficient (Wildman–Crippen LogP) is 4.51. The Morgan fingerprint density at radius 2 is 1.60 bits per heavy atom. The first-order valence-electron chi connectivity index (χ1n) is 11.0. The average molecular weight is 505 g/mol. The van der Waals surface area contributed by atoms with Gasteiger partial charge in [-0.1, -0.05) is 53.5 Å². The lowest BCUT2D eigenvalue weighted by Crippen LogP contribution is -2.46. The molecule has 3 aliphatic heterocycles. The predicted molar refractivity (Wildman–Crippen MR) is 133 cm³/mol. The monoisotopic (exact) mass is 504 g/mol. The van der Waals surface area contributed by atoms with Gasteiger partial charge in [0.2, 0.25) is 17.7 Å². The lowest BCUT2D eigenvalue weighted by Gasteiger charge is -2.33. The van der Waals surface area contributed by atoms with Gasteiger partial charge in [-0.3, -0.25) is 19.4 Å². The fraction of sp³-hybridized carbons (Fsp3) is 0.154. The molecule has 3 heterocycles. The summed E-state index contributed by atoms with van der Waals surface area (Å²) in [5.41, 5.74) is 2.63. The normalized spacial score (nSPS) is 24.3. The molecule has 6 rings (SSSR count). The molecule has 2 saturated heterocycles. The number of anilines is 2. The Hall–Kier alpha value is -3.68. The highest BCUT2D eigenvalue weighted by Gasteiger charge is 2.65. The van der Waals surface area contributed by atoms with Crippen LogP contribution in [0.25, 0.3) is 0 Å². The molecule has 1 N–H and O–H groups in total. The van der Waals surface area contributed by atoms with E-state index in [9.17, 15) is 14.4 Å². The first kappa shape index (κ1) is 21.8. The highest BCUT2D eigenvalue weighted by Crippen LogP contribution is 2.52. The average Bonchev–Trinajstić information content (AvgIpc) is 3.33. The Kier molecular flexibility index (Phi) is 5.12. The summed E-state index contributed by atoms with van der Waals surface area (Å²) >= 11 is 12.1. The van der Waals surface area contributed by atoms with E-state index in [0.29, 0.717) is 21.4 Å². The second kappa shape index (κ2) is 8.22. The van der Waals surface area contributed by atoms with Crippen LogP contribution in [0.4, 0.5) is 11.4 Å². The maximum Gasteiger partial charge on any atom is 0.249 e. The summed E-state index contributed by atoms with van der Waals surface area (Å²) in [5, 5.41) is 9.95. The third kappa shape index (κ3) is 3.42. The second-order valence-corrected chi connectivity index (χ2v) is 9.56. The van der Waals surface area contributed by atoms with Crippen LogP contribution in [0.5, 0.6) is 0 Å². The number of hydrazone groups is 1. The fourth-order valence-electron chi connectivity index (χ4n) is 5.29. The van der Waals surface area contributed by atoms with Gasteiger partial charge in [0, 0.05) is 15.7 Å². The van der Waals surface area contributed by atoms with Crippen LogP contribution in [0, 0.1) is 11.8 Å². The van der Waals surface area contributed by atoms with E-state index >= 15 is 0 Å². The number of imide groups is 1. The van der Waals surface area contributed by atoms with Crippen molar-refractivity contribution in [2.45, 2.75) is 12.1 Å². The van der Waals surface area contributed by atoms with Crippen molar-refractivity contribution in [3.63, 3.8) is 0 Å². The van der Waals surface area contributed by atoms with Gasteiger partial charge < -0.3 is 5.32 Å². The molecule has 0 radical (unpaired) electrons. The number of hydrogen-bond acceptors (Lipinski definition) is 5. The van der Waals surface area contributed by atoms with Crippen LogP contribution in [0.1, 0.15) is 17.2 Å². The Balaban J connectivity index is 1.44. The molecule has 0 bridgehead atoms. The molecule has 3 aromatic rings. The van der Waals surface area contributed by atoms with Gasteiger partial charge in [-0.25, -0.2) is 4.90 Å². The minimum absolute atomic E-state index is 0.369. The largest absolute Gasteiger partial charge is 0.324 e. The topological polar surface area (TPSA) is 82.1 Å². The van der Waals surface area contributed by atoms with Crippen LogP contribution in [-0.4, -0.2) is 35.0 Å². The molecule has 1 unspecified atom stereocenters. The van der Waals surface area contributed by atoms with Crippen molar-refractivity contribution < 1.29 is 14.4 Å². The maximum absolute atomic E-state index is 13.8. The molecule has 0 aliphatic carbocycles. The van der Waals surface area contributed by atoms with E-state index in [2.05, 4.69) is 10.4 Å². The van der Waals surface area contributed by atoms with Gasteiger partial charge in [-0.15, -0.1) is 0 Å². The fourth-order valence-corrected chi connectivity index (χ4v) is 5.60. The Bertz CT molecular complexity index is 1410. The van der Waals surface area contributed by atoms with E-state index in [1.165, 1.54) is 0 Å². The first-order valence-corrected chi connectivity index (χ1v) is 11.8. The van der Waals surface area contributed by atoms with Crippen molar-refractivity contribution >= 4 is 58.5 Å². The molecule has 3 aliphatic rings. The van der Waals surface area contributed by atoms with Gasteiger partial charge in [0.05, 0.1) is 29.8 Å². The van der Waals surface area contributed by atoms with Gasteiger partial charge in [-0.05, 0) is 53.6 Å². The zero-order valence-corrected chi connectivity index (χ0v) is 19.6.